The second-order valence-corrected chi connectivity index (χ2v) is 14.9. The van der Waals surface area contributed by atoms with Crippen molar-refractivity contribution in [1.82, 2.24) is 29.7 Å². The number of rotatable bonds is 10. The molecule has 0 unspecified atom stereocenters. The van der Waals surface area contributed by atoms with Crippen LogP contribution in [0.15, 0.2) is 60.9 Å². The maximum absolute atomic E-state index is 12.6. The number of nitrogens with zero attached hydrogens (tertiary/aromatic N) is 6. The molecule has 0 bridgehead atoms. The number of aliphatic carboxylic acids is 1. The minimum absolute atomic E-state index is 0.121. The lowest BCUT2D eigenvalue weighted by molar-refractivity contribution is -0.138. The maximum atomic E-state index is 12.6. The van der Waals surface area contributed by atoms with Crippen LogP contribution in [0.2, 0.25) is 5.02 Å². The van der Waals surface area contributed by atoms with Gasteiger partial charge < -0.3 is 14.9 Å². The third-order valence-corrected chi connectivity index (χ3v) is 11.1. The van der Waals surface area contributed by atoms with E-state index in [1.165, 1.54) is 0 Å². The minimum atomic E-state index is -0.726. The van der Waals surface area contributed by atoms with E-state index >= 15 is 0 Å². The molecule has 1 atom stereocenters. The van der Waals surface area contributed by atoms with Crippen molar-refractivity contribution in [2.24, 2.45) is 5.92 Å². The summed E-state index contributed by atoms with van der Waals surface area (Å²) in [7, 11) is 3.81. The monoisotopic (exact) mass is 694 g/mol. The van der Waals surface area contributed by atoms with Crippen LogP contribution in [0.3, 0.4) is 0 Å². The van der Waals surface area contributed by atoms with E-state index in [2.05, 4.69) is 48.2 Å². The Bertz CT molecular complexity index is 2040. The molecular weight excluding hydrogens is 656 g/mol. The standard InChI is InChI=1S/C38H39ClN6O3S/c1-23-28(7-5-8-29(23)38-42-32-20-45(21-33(32)49-38)34(46)22-43(2)3)30-9-4-6-26(36(30)39)16-31-37-27(10-12-40-31)14-25(17-41-37)19-44-13-11-24(18-44)15-35(47)48/h4-10,12,14,17,24H,11,13,15-16,18-22H2,1-3H3,(H,47,48)/t24-/m1/s1. The zero-order valence-corrected chi connectivity index (χ0v) is 29.5. The van der Waals surface area contributed by atoms with Gasteiger partial charge in [0.05, 0.1) is 41.6 Å². The van der Waals surface area contributed by atoms with Gasteiger partial charge in [-0.05, 0) is 74.3 Å². The van der Waals surface area contributed by atoms with Crippen LogP contribution >= 0.6 is 22.9 Å². The van der Waals surface area contributed by atoms with Gasteiger partial charge in [-0.15, -0.1) is 11.3 Å². The van der Waals surface area contributed by atoms with Crippen molar-refractivity contribution < 1.29 is 14.7 Å². The highest BCUT2D eigenvalue weighted by molar-refractivity contribution is 7.15. The first-order chi connectivity index (χ1) is 23.6. The van der Waals surface area contributed by atoms with Crippen molar-refractivity contribution in [2.75, 3.05) is 33.7 Å². The highest BCUT2D eigenvalue weighted by Crippen LogP contribution is 2.40. The van der Waals surface area contributed by atoms with Gasteiger partial charge in [-0.3, -0.25) is 24.5 Å². The fraction of sp³-hybridized carbons (Fsp3) is 0.342. The second-order valence-electron chi connectivity index (χ2n) is 13.5. The summed E-state index contributed by atoms with van der Waals surface area (Å²) in [4.78, 5) is 45.5. The molecule has 0 aliphatic carbocycles. The maximum Gasteiger partial charge on any atom is 0.303 e. The number of hydrogen-bond donors (Lipinski definition) is 1. The zero-order chi connectivity index (χ0) is 34.2. The van der Waals surface area contributed by atoms with Crippen molar-refractivity contribution in [2.45, 2.75) is 45.8 Å². The summed E-state index contributed by atoms with van der Waals surface area (Å²) >= 11 is 8.84. The summed E-state index contributed by atoms with van der Waals surface area (Å²) in [5.74, 6) is -0.398. The highest BCUT2D eigenvalue weighted by atomic mass is 35.5. The van der Waals surface area contributed by atoms with Crippen molar-refractivity contribution in [3.63, 3.8) is 0 Å². The third kappa shape index (κ3) is 7.10. The summed E-state index contributed by atoms with van der Waals surface area (Å²) in [6.07, 6.45) is 5.43. The quantitative estimate of drug-likeness (QED) is 0.173. The van der Waals surface area contributed by atoms with E-state index in [-0.39, 0.29) is 18.2 Å². The Morgan fingerprint density at radius 2 is 1.86 bits per heavy atom. The number of carboxylic acid groups (broad SMARTS) is 1. The van der Waals surface area contributed by atoms with Crippen molar-refractivity contribution in [1.29, 1.82) is 0 Å². The van der Waals surface area contributed by atoms with Crippen LogP contribution < -0.4 is 0 Å². The summed E-state index contributed by atoms with van der Waals surface area (Å²) in [6, 6.07) is 16.6. The second kappa shape index (κ2) is 14.0. The number of thiazole rings is 1. The van der Waals surface area contributed by atoms with Gasteiger partial charge in [0, 0.05) is 59.7 Å². The predicted octanol–water partition coefficient (Wildman–Crippen LogP) is 6.67. The van der Waals surface area contributed by atoms with Crippen LogP contribution in [0.25, 0.3) is 32.6 Å². The number of carboxylic acids is 1. The molecule has 1 saturated heterocycles. The molecule has 9 nitrogen and oxygen atoms in total. The Hall–Kier alpha value is -4.22. The van der Waals surface area contributed by atoms with E-state index in [9.17, 15) is 9.59 Å². The molecule has 1 N–H and O–H groups in total. The number of carbonyl (C=O) groups is 2. The van der Waals surface area contributed by atoms with Gasteiger partial charge in [-0.2, -0.15) is 0 Å². The Labute approximate surface area is 295 Å². The van der Waals surface area contributed by atoms with Gasteiger partial charge in [0.1, 0.15) is 5.01 Å². The zero-order valence-electron chi connectivity index (χ0n) is 27.9. The number of halogens is 1. The largest absolute Gasteiger partial charge is 0.481 e. The molecule has 0 spiro atoms. The molecule has 2 aliphatic rings. The first-order valence-electron chi connectivity index (χ1n) is 16.6. The number of benzene rings is 2. The SMILES string of the molecule is Cc1c(-c2nc3c(s2)CN(C(=O)CN(C)C)C3)cccc1-c1cccc(Cc2nccc3cc(CN4CC[C@H](CC(=O)O)C4)cnc23)c1Cl. The molecular formula is C38H39ClN6O3S. The Balaban J connectivity index is 1.10. The number of likely N-dealkylation sites (tertiary alicyclic amines) is 1. The summed E-state index contributed by atoms with van der Waals surface area (Å²) in [5, 5.41) is 11.8. The van der Waals surface area contributed by atoms with E-state index in [1.54, 1.807) is 11.3 Å². The highest BCUT2D eigenvalue weighted by Gasteiger charge is 2.28. The fourth-order valence-corrected chi connectivity index (χ4v) is 8.54. The van der Waals surface area contributed by atoms with Gasteiger partial charge in [0.15, 0.2) is 0 Å². The number of pyridine rings is 2. The molecule has 11 heteroatoms. The first-order valence-corrected chi connectivity index (χ1v) is 17.8. The van der Waals surface area contributed by atoms with Gasteiger partial charge in [0.2, 0.25) is 5.91 Å². The van der Waals surface area contributed by atoms with E-state index in [0.29, 0.717) is 31.1 Å². The third-order valence-electron chi connectivity index (χ3n) is 9.52. The number of likely N-dealkylation sites (N-methyl/N-ethyl adjacent to an activating group) is 1. The lowest BCUT2D eigenvalue weighted by atomic mass is 9.94. The molecule has 5 heterocycles. The number of fused-ring (bicyclic) bond motifs is 2. The van der Waals surface area contributed by atoms with Crippen LogP contribution in [-0.2, 0) is 35.6 Å². The van der Waals surface area contributed by atoms with Gasteiger partial charge in [0.25, 0.3) is 0 Å². The number of carbonyl (C=O) groups excluding carboxylic acids is 1. The topological polar surface area (TPSA) is 103 Å². The average molecular weight is 695 g/mol. The number of hydrogen-bond acceptors (Lipinski definition) is 8. The minimum Gasteiger partial charge on any atom is -0.481 e. The van der Waals surface area contributed by atoms with E-state index in [4.69, 9.17) is 31.7 Å². The molecule has 1 amide bonds. The van der Waals surface area contributed by atoms with E-state index in [0.717, 1.165) is 91.6 Å². The fourth-order valence-electron chi connectivity index (χ4n) is 7.07. The molecule has 49 heavy (non-hydrogen) atoms. The number of aromatic nitrogens is 3. The van der Waals surface area contributed by atoms with Gasteiger partial charge in [-0.1, -0.05) is 48.0 Å². The van der Waals surface area contributed by atoms with Gasteiger partial charge >= 0.3 is 5.97 Å². The van der Waals surface area contributed by atoms with Gasteiger partial charge in [-0.25, -0.2) is 4.98 Å². The smallest absolute Gasteiger partial charge is 0.303 e. The lowest BCUT2D eigenvalue weighted by Gasteiger charge is -2.18. The molecule has 3 aromatic heterocycles. The van der Waals surface area contributed by atoms with Crippen molar-refractivity contribution in [3.8, 4) is 21.7 Å². The van der Waals surface area contributed by atoms with Crippen LogP contribution in [0.1, 0.15) is 45.8 Å². The molecule has 252 valence electrons. The number of amides is 1. The lowest BCUT2D eigenvalue weighted by Crippen LogP contribution is -2.34. The predicted molar refractivity (Wildman–Crippen MR) is 194 cm³/mol. The van der Waals surface area contributed by atoms with E-state index in [1.807, 2.05) is 48.4 Å². The summed E-state index contributed by atoms with van der Waals surface area (Å²) in [6.45, 7) is 6.13. The summed E-state index contributed by atoms with van der Waals surface area (Å²) < 4.78 is 0. The van der Waals surface area contributed by atoms with Crippen molar-refractivity contribution >= 4 is 45.7 Å². The molecule has 1 fully saturated rings. The van der Waals surface area contributed by atoms with E-state index < -0.39 is 5.97 Å². The Morgan fingerprint density at radius 3 is 2.65 bits per heavy atom. The van der Waals surface area contributed by atoms with Crippen LogP contribution in [0, 0.1) is 12.8 Å². The van der Waals surface area contributed by atoms with Crippen LogP contribution in [0.4, 0.5) is 0 Å². The molecule has 2 aromatic carbocycles. The Kier molecular flexibility index (Phi) is 9.48. The molecule has 7 rings (SSSR count). The first kappa shape index (κ1) is 33.3. The molecule has 0 saturated carbocycles. The van der Waals surface area contributed by atoms with Crippen molar-refractivity contribution in [3.05, 3.63) is 98.9 Å². The Morgan fingerprint density at radius 1 is 1.06 bits per heavy atom. The van der Waals surface area contributed by atoms with Crippen LogP contribution in [0.5, 0.6) is 0 Å². The van der Waals surface area contributed by atoms with Crippen LogP contribution in [-0.4, -0.2) is 80.4 Å². The summed E-state index contributed by atoms with van der Waals surface area (Å²) in [5.41, 5.74) is 9.01. The average Bonchev–Trinajstić information content (AvgIpc) is 3.77. The normalized spacial score (nSPS) is 16.2. The molecule has 2 aliphatic heterocycles. The molecule has 0 radical (unpaired) electrons. The molecule has 5 aromatic rings.